The van der Waals surface area contributed by atoms with E-state index in [4.69, 9.17) is 0 Å². The van der Waals surface area contributed by atoms with Gasteiger partial charge in [0.05, 0.1) is 0 Å². The number of hydrogen-bond donors (Lipinski definition) is 1. The zero-order valence-corrected chi connectivity index (χ0v) is 13.7. The van der Waals surface area contributed by atoms with Gasteiger partial charge in [-0.15, -0.1) is 0 Å². The average molecular weight is 293 g/mol. The molecule has 1 N–H and O–H groups in total. The summed E-state index contributed by atoms with van der Waals surface area (Å²) in [5, 5.41) is 3.42. The van der Waals surface area contributed by atoms with Gasteiger partial charge in [-0.2, -0.15) is 0 Å². The van der Waals surface area contributed by atoms with Crippen LogP contribution in [0, 0.1) is 5.82 Å². The summed E-state index contributed by atoms with van der Waals surface area (Å²) in [7, 11) is 2.14. The van der Waals surface area contributed by atoms with Gasteiger partial charge in [-0.25, -0.2) is 4.39 Å². The van der Waals surface area contributed by atoms with Crippen LogP contribution in [-0.4, -0.2) is 44.2 Å². The van der Waals surface area contributed by atoms with Crippen LogP contribution >= 0.6 is 0 Å². The second-order valence-corrected chi connectivity index (χ2v) is 6.15. The number of anilines is 1. The average Bonchev–Trinajstić information content (AvgIpc) is 2.44. The fourth-order valence-electron chi connectivity index (χ4n) is 3.17. The topological polar surface area (TPSA) is 18.5 Å². The third-order valence-corrected chi connectivity index (χ3v) is 4.30. The quantitative estimate of drug-likeness (QED) is 0.900. The molecule has 0 aliphatic carbocycles. The molecule has 1 saturated heterocycles. The predicted molar refractivity (Wildman–Crippen MR) is 87.4 cm³/mol. The van der Waals surface area contributed by atoms with E-state index in [-0.39, 0.29) is 11.9 Å². The van der Waals surface area contributed by atoms with Crippen molar-refractivity contribution < 1.29 is 4.39 Å². The van der Waals surface area contributed by atoms with Gasteiger partial charge >= 0.3 is 0 Å². The third kappa shape index (κ3) is 3.74. The molecule has 1 heterocycles. The van der Waals surface area contributed by atoms with Crippen molar-refractivity contribution in [3.05, 3.63) is 29.6 Å². The van der Waals surface area contributed by atoms with Gasteiger partial charge in [-0.1, -0.05) is 13.0 Å². The standard InChI is InChI=1S/C17H28FN3/c1-5-9-19-14(3)17-15(18)7-6-8-16(17)21-11-10-20(4)12-13(21)2/h6-8,13-14,19H,5,9-12H2,1-4H3. The molecule has 3 nitrogen and oxygen atoms in total. The molecule has 1 fully saturated rings. The summed E-state index contributed by atoms with van der Waals surface area (Å²) in [5.41, 5.74) is 1.86. The first-order chi connectivity index (χ1) is 10.0. The zero-order chi connectivity index (χ0) is 15.4. The highest BCUT2D eigenvalue weighted by Crippen LogP contribution is 2.31. The fraction of sp³-hybridized carbons (Fsp3) is 0.647. The molecule has 21 heavy (non-hydrogen) atoms. The molecule has 0 spiro atoms. The highest BCUT2D eigenvalue weighted by Gasteiger charge is 2.26. The first kappa shape index (κ1) is 16.2. The van der Waals surface area contributed by atoms with Gasteiger partial charge in [0.15, 0.2) is 0 Å². The highest BCUT2D eigenvalue weighted by atomic mass is 19.1. The molecule has 0 saturated carbocycles. The van der Waals surface area contributed by atoms with Gasteiger partial charge in [-0.3, -0.25) is 0 Å². The van der Waals surface area contributed by atoms with Crippen LogP contribution in [0.25, 0.3) is 0 Å². The summed E-state index contributed by atoms with van der Waals surface area (Å²) in [6, 6.07) is 5.90. The lowest BCUT2D eigenvalue weighted by atomic mass is 10.0. The summed E-state index contributed by atoms with van der Waals surface area (Å²) < 4.78 is 14.4. The number of benzene rings is 1. The lowest BCUT2D eigenvalue weighted by Crippen LogP contribution is -2.51. The summed E-state index contributed by atoms with van der Waals surface area (Å²) >= 11 is 0. The first-order valence-electron chi connectivity index (χ1n) is 8.01. The molecule has 4 heteroatoms. The van der Waals surface area contributed by atoms with Gasteiger partial charge < -0.3 is 15.1 Å². The smallest absolute Gasteiger partial charge is 0.130 e. The van der Waals surface area contributed by atoms with Gasteiger partial charge in [-0.05, 0) is 46.0 Å². The first-order valence-corrected chi connectivity index (χ1v) is 8.01. The largest absolute Gasteiger partial charge is 0.366 e. The Kier molecular flexibility index (Phi) is 5.59. The molecule has 0 aromatic heterocycles. The molecule has 2 atom stereocenters. The fourth-order valence-corrected chi connectivity index (χ4v) is 3.17. The van der Waals surface area contributed by atoms with E-state index in [1.165, 1.54) is 0 Å². The van der Waals surface area contributed by atoms with E-state index >= 15 is 0 Å². The van der Waals surface area contributed by atoms with Crippen molar-refractivity contribution in [2.24, 2.45) is 0 Å². The summed E-state index contributed by atoms with van der Waals surface area (Å²) in [6.45, 7) is 10.3. The molecule has 0 amide bonds. The molecule has 2 rings (SSSR count). The molecule has 118 valence electrons. The number of hydrogen-bond acceptors (Lipinski definition) is 3. The summed E-state index contributed by atoms with van der Waals surface area (Å²) in [4.78, 5) is 4.68. The minimum absolute atomic E-state index is 0.0352. The lowest BCUT2D eigenvalue weighted by molar-refractivity contribution is 0.275. The van der Waals surface area contributed by atoms with E-state index in [0.717, 1.165) is 43.9 Å². The van der Waals surface area contributed by atoms with Crippen molar-refractivity contribution in [3.63, 3.8) is 0 Å². The Hall–Kier alpha value is -1.13. The second-order valence-electron chi connectivity index (χ2n) is 6.15. The van der Waals surface area contributed by atoms with Crippen LogP contribution in [0.3, 0.4) is 0 Å². The minimum atomic E-state index is -0.102. The second kappa shape index (κ2) is 7.23. The van der Waals surface area contributed by atoms with E-state index in [2.05, 4.69) is 49.0 Å². The molecule has 1 aromatic carbocycles. The van der Waals surface area contributed by atoms with Crippen LogP contribution in [0.1, 0.15) is 38.8 Å². The van der Waals surface area contributed by atoms with Crippen molar-refractivity contribution in [2.45, 2.75) is 39.3 Å². The van der Waals surface area contributed by atoms with Gasteiger partial charge in [0.25, 0.3) is 0 Å². The third-order valence-electron chi connectivity index (χ3n) is 4.30. The molecule has 0 bridgehead atoms. The normalized spacial score (nSPS) is 21.6. The summed E-state index contributed by atoms with van der Waals surface area (Å²) in [6.07, 6.45) is 1.05. The van der Waals surface area contributed by atoms with Crippen molar-refractivity contribution in [1.29, 1.82) is 0 Å². The van der Waals surface area contributed by atoms with Crippen molar-refractivity contribution in [2.75, 3.05) is 38.1 Å². The minimum Gasteiger partial charge on any atom is -0.366 e. The molecule has 0 radical (unpaired) electrons. The van der Waals surface area contributed by atoms with Crippen LogP contribution in [0.4, 0.5) is 10.1 Å². The predicted octanol–water partition coefficient (Wildman–Crippen LogP) is 3.03. The van der Waals surface area contributed by atoms with Gasteiger partial charge in [0, 0.05) is 43.0 Å². The highest BCUT2D eigenvalue weighted by molar-refractivity contribution is 5.56. The van der Waals surface area contributed by atoms with Crippen LogP contribution in [0.2, 0.25) is 0 Å². The Balaban J connectivity index is 2.28. The molecular weight excluding hydrogens is 265 g/mol. The number of piperazine rings is 1. The van der Waals surface area contributed by atoms with Crippen molar-refractivity contribution >= 4 is 5.69 Å². The van der Waals surface area contributed by atoms with Crippen molar-refractivity contribution in [1.82, 2.24) is 10.2 Å². The zero-order valence-electron chi connectivity index (χ0n) is 13.7. The SMILES string of the molecule is CCCNC(C)c1c(F)cccc1N1CCN(C)CC1C. The van der Waals surface area contributed by atoms with E-state index in [1.807, 2.05) is 6.07 Å². The maximum atomic E-state index is 14.4. The molecule has 2 unspecified atom stereocenters. The number of rotatable bonds is 5. The Morgan fingerprint density at radius 1 is 1.38 bits per heavy atom. The van der Waals surface area contributed by atoms with E-state index in [1.54, 1.807) is 6.07 Å². The Morgan fingerprint density at radius 2 is 2.14 bits per heavy atom. The van der Waals surface area contributed by atoms with Crippen LogP contribution in [0.15, 0.2) is 18.2 Å². The van der Waals surface area contributed by atoms with Crippen LogP contribution < -0.4 is 10.2 Å². The maximum absolute atomic E-state index is 14.4. The Bertz CT molecular complexity index is 463. The molecule has 1 aromatic rings. The number of nitrogens with zero attached hydrogens (tertiary/aromatic N) is 2. The Labute approximate surface area is 128 Å². The van der Waals surface area contributed by atoms with Crippen molar-refractivity contribution in [3.8, 4) is 0 Å². The monoisotopic (exact) mass is 293 g/mol. The number of likely N-dealkylation sites (N-methyl/N-ethyl adjacent to an activating group) is 1. The lowest BCUT2D eigenvalue weighted by Gasteiger charge is -2.41. The van der Waals surface area contributed by atoms with Crippen LogP contribution in [-0.2, 0) is 0 Å². The number of halogens is 1. The molecular formula is C17H28FN3. The molecule has 1 aliphatic heterocycles. The Morgan fingerprint density at radius 3 is 2.81 bits per heavy atom. The van der Waals surface area contributed by atoms with E-state index in [0.29, 0.717) is 6.04 Å². The molecule has 1 aliphatic rings. The van der Waals surface area contributed by atoms with E-state index < -0.39 is 0 Å². The summed E-state index contributed by atoms with van der Waals surface area (Å²) in [5.74, 6) is -0.102. The maximum Gasteiger partial charge on any atom is 0.130 e. The number of nitrogens with one attached hydrogen (secondary N) is 1. The van der Waals surface area contributed by atoms with Crippen LogP contribution in [0.5, 0.6) is 0 Å². The van der Waals surface area contributed by atoms with E-state index in [9.17, 15) is 4.39 Å². The van der Waals surface area contributed by atoms with Gasteiger partial charge in [0.2, 0.25) is 0 Å². The van der Waals surface area contributed by atoms with Gasteiger partial charge in [0.1, 0.15) is 5.82 Å².